The smallest absolute Gasteiger partial charge is 0.307 e. The van der Waals surface area contributed by atoms with E-state index < -0.39 is 29.7 Å². The summed E-state index contributed by atoms with van der Waals surface area (Å²) in [6.45, 7) is 1.24. The predicted molar refractivity (Wildman–Crippen MR) is 41.0 cm³/mol. The first-order valence-electron chi connectivity index (χ1n) is 3.91. The third-order valence-corrected chi connectivity index (χ3v) is 2.12. The second-order valence-corrected chi connectivity index (χ2v) is 3.10. The molecule has 1 N–H and O–H groups in total. The van der Waals surface area contributed by atoms with Crippen LogP contribution in [0.5, 0.6) is 0 Å². The molecule has 1 fully saturated rings. The quantitative estimate of drug-likeness (QED) is 0.633. The van der Waals surface area contributed by atoms with Gasteiger partial charge in [-0.3, -0.25) is 14.4 Å². The van der Waals surface area contributed by atoms with Crippen molar-refractivity contribution in [3.8, 4) is 0 Å². The van der Waals surface area contributed by atoms with Crippen LogP contribution in [0, 0.1) is 0 Å². The molecule has 0 aromatic carbocycles. The first kappa shape index (κ1) is 9.70. The fourth-order valence-electron chi connectivity index (χ4n) is 1.37. The molecule has 13 heavy (non-hydrogen) atoms. The van der Waals surface area contributed by atoms with Crippen LogP contribution in [0.25, 0.3) is 0 Å². The number of hydrogen-bond donors (Lipinski definition) is 1. The van der Waals surface area contributed by atoms with Crippen LogP contribution in [-0.4, -0.2) is 28.4 Å². The molecule has 0 amide bonds. The minimum absolute atomic E-state index is 0.118. The topological polar surface area (TPSA) is 80.7 Å². The third kappa shape index (κ3) is 1.85. The maximum absolute atomic E-state index is 11.1. The molecule has 1 aliphatic heterocycles. The lowest BCUT2D eigenvalue weighted by molar-refractivity contribution is -0.161. The van der Waals surface area contributed by atoms with Crippen molar-refractivity contribution in [1.82, 2.24) is 0 Å². The van der Waals surface area contributed by atoms with E-state index in [1.165, 1.54) is 6.92 Å². The van der Waals surface area contributed by atoms with Crippen LogP contribution in [0.1, 0.15) is 26.2 Å². The normalized spacial score (nSPS) is 27.0. The van der Waals surface area contributed by atoms with Crippen molar-refractivity contribution in [2.75, 3.05) is 0 Å². The number of Topliss-reactive ketones (excluding diaryl/α,β-unsaturated/α-hetero) is 1. The summed E-state index contributed by atoms with van der Waals surface area (Å²) in [6, 6.07) is 0. The lowest BCUT2D eigenvalue weighted by Gasteiger charge is -2.21. The molecule has 0 spiro atoms. The molecule has 1 rings (SSSR count). The molecule has 0 bridgehead atoms. The van der Waals surface area contributed by atoms with Crippen LogP contribution in [-0.2, 0) is 19.1 Å². The highest BCUT2D eigenvalue weighted by atomic mass is 16.6. The number of ether oxygens (including phenoxy) is 1. The molecule has 72 valence electrons. The SMILES string of the molecule is CC(=O)C1(CC(=O)O)CCC(=O)O1. The zero-order valence-electron chi connectivity index (χ0n) is 7.20. The maximum Gasteiger partial charge on any atom is 0.307 e. The van der Waals surface area contributed by atoms with E-state index in [1.807, 2.05) is 0 Å². The van der Waals surface area contributed by atoms with Crippen LogP contribution in [0.3, 0.4) is 0 Å². The van der Waals surface area contributed by atoms with Crippen LogP contribution < -0.4 is 0 Å². The molecule has 5 heteroatoms. The summed E-state index contributed by atoms with van der Waals surface area (Å²) < 4.78 is 4.75. The number of hydrogen-bond acceptors (Lipinski definition) is 4. The van der Waals surface area contributed by atoms with Crippen molar-refractivity contribution in [3.63, 3.8) is 0 Å². The number of ketones is 1. The van der Waals surface area contributed by atoms with Gasteiger partial charge in [-0.25, -0.2) is 0 Å². The van der Waals surface area contributed by atoms with Gasteiger partial charge in [0.2, 0.25) is 0 Å². The third-order valence-electron chi connectivity index (χ3n) is 2.12. The highest BCUT2D eigenvalue weighted by Gasteiger charge is 2.46. The van der Waals surface area contributed by atoms with Crippen LogP contribution in [0.15, 0.2) is 0 Å². The molecule has 1 unspecified atom stereocenters. The van der Waals surface area contributed by atoms with Gasteiger partial charge < -0.3 is 9.84 Å². The Balaban J connectivity index is 2.83. The summed E-state index contributed by atoms with van der Waals surface area (Å²) in [6.07, 6.45) is -0.144. The standard InChI is InChI=1S/C8H10O5/c1-5(9)8(4-6(10)11)3-2-7(12)13-8/h2-4H2,1H3,(H,10,11). The van der Waals surface area contributed by atoms with Crippen molar-refractivity contribution in [2.45, 2.75) is 31.8 Å². The summed E-state index contributed by atoms with van der Waals surface area (Å²) in [4.78, 5) is 32.3. The van der Waals surface area contributed by atoms with Gasteiger partial charge in [0, 0.05) is 12.8 Å². The number of carboxylic acid groups (broad SMARTS) is 1. The molecular weight excluding hydrogens is 176 g/mol. The Labute approximate surface area is 74.7 Å². The zero-order chi connectivity index (χ0) is 10.1. The number of esters is 1. The van der Waals surface area contributed by atoms with Gasteiger partial charge in [0.25, 0.3) is 0 Å². The predicted octanol–water partition coefficient (Wildman–Crippen LogP) is 0.126. The van der Waals surface area contributed by atoms with E-state index in [2.05, 4.69) is 0 Å². The highest BCUT2D eigenvalue weighted by molar-refractivity contribution is 5.93. The van der Waals surface area contributed by atoms with Crippen molar-refractivity contribution in [1.29, 1.82) is 0 Å². The van der Waals surface area contributed by atoms with Crippen molar-refractivity contribution in [2.24, 2.45) is 0 Å². The fraction of sp³-hybridized carbons (Fsp3) is 0.625. The molecule has 1 heterocycles. The van der Waals surface area contributed by atoms with Gasteiger partial charge in [0.1, 0.15) is 0 Å². The summed E-state index contributed by atoms with van der Waals surface area (Å²) in [7, 11) is 0. The first-order chi connectivity index (χ1) is 5.96. The second kappa shape index (κ2) is 3.16. The molecule has 1 saturated heterocycles. The highest BCUT2D eigenvalue weighted by Crippen LogP contribution is 2.30. The van der Waals surface area contributed by atoms with Crippen LogP contribution in [0.4, 0.5) is 0 Å². The van der Waals surface area contributed by atoms with Gasteiger partial charge in [-0.05, 0) is 6.92 Å². The van der Waals surface area contributed by atoms with Crippen LogP contribution in [0.2, 0.25) is 0 Å². The second-order valence-electron chi connectivity index (χ2n) is 3.10. The number of carboxylic acids is 1. The molecule has 0 radical (unpaired) electrons. The van der Waals surface area contributed by atoms with E-state index in [-0.39, 0.29) is 12.8 Å². The Morgan fingerprint density at radius 1 is 1.62 bits per heavy atom. The lowest BCUT2D eigenvalue weighted by Crippen LogP contribution is -2.39. The van der Waals surface area contributed by atoms with Crippen molar-refractivity contribution in [3.05, 3.63) is 0 Å². The van der Waals surface area contributed by atoms with E-state index in [0.717, 1.165) is 0 Å². The fourth-order valence-corrected chi connectivity index (χ4v) is 1.37. The largest absolute Gasteiger partial charge is 0.481 e. The molecule has 0 aromatic heterocycles. The van der Waals surface area contributed by atoms with Crippen molar-refractivity contribution >= 4 is 17.7 Å². The van der Waals surface area contributed by atoms with Gasteiger partial charge in [-0.15, -0.1) is 0 Å². The van der Waals surface area contributed by atoms with E-state index >= 15 is 0 Å². The minimum Gasteiger partial charge on any atom is -0.481 e. The number of aliphatic carboxylic acids is 1. The summed E-state index contributed by atoms with van der Waals surface area (Å²) in [5, 5.41) is 8.53. The Kier molecular flexibility index (Phi) is 2.36. The molecule has 1 aliphatic rings. The number of rotatable bonds is 3. The Bertz CT molecular complexity index is 270. The molecule has 1 atom stereocenters. The van der Waals surface area contributed by atoms with E-state index in [9.17, 15) is 14.4 Å². The van der Waals surface area contributed by atoms with Gasteiger partial charge in [0.05, 0.1) is 6.42 Å². The monoisotopic (exact) mass is 186 g/mol. The number of carbonyl (C=O) groups is 3. The zero-order valence-corrected chi connectivity index (χ0v) is 7.20. The van der Waals surface area contributed by atoms with E-state index in [4.69, 9.17) is 9.84 Å². The summed E-state index contributed by atoms with van der Waals surface area (Å²) >= 11 is 0. The number of cyclic esters (lactones) is 1. The average molecular weight is 186 g/mol. The first-order valence-corrected chi connectivity index (χ1v) is 3.91. The minimum atomic E-state index is -1.40. The summed E-state index contributed by atoms with van der Waals surface area (Å²) in [5.74, 6) is -2.04. The lowest BCUT2D eigenvalue weighted by atomic mass is 9.92. The maximum atomic E-state index is 11.1. The van der Waals surface area contributed by atoms with Gasteiger partial charge in [-0.1, -0.05) is 0 Å². The van der Waals surface area contributed by atoms with Gasteiger partial charge in [0.15, 0.2) is 11.4 Å². The summed E-state index contributed by atoms with van der Waals surface area (Å²) in [5.41, 5.74) is -1.40. The number of carbonyl (C=O) groups excluding carboxylic acids is 2. The van der Waals surface area contributed by atoms with Gasteiger partial charge >= 0.3 is 11.9 Å². The molecule has 0 aromatic rings. The molecule has 0 aliphatic carbocycles. The van der Waals surface area contributed by atoms with E-state index in [0.29, 0.717) is 0 Å². The molecular formula is C8H10O5. The Morgan fingerprint density at radius 3 is 2.54 bits per heavy atom. The van der Waals surface area contributed by atoms with Gasteiger partial charge in [-0.2, -0.15) is 0 Å². The molecule has 0 saturated carbocycles. The Hall–Kier alpha value is -1.39. The Morgan fingerprint density at radius 2 is 2.23 bits per heavy atom. The average Bonchev–Trinajstić information content (AvgIpc) is 2.31. The van der Waals surface area contributed by atoms with Crippen molar-refractivity contribution < 1.29 is 24.2 Å². The van der Waals surface area contributed by atoms with Crippen LogP contribution >= 0.6 is 0 Å². The molecule has 5 nitrogen and oxygen atoms in total. The van der Waals surface area contributed by atoms with E-state index in [1.54, 1.807) is 0 Å².